The van der Waals surface area contributed by atoms with Crippen LogP contribution < -0.4 is 10.6 Å². The van der Waals surface area contributed by atoms with Crippen molar-refractivity contribution in [2.45, 2.75) is 19.3 Å². The summed E-state index contributed by atoms with van der Waals surface area (Å²) >= 11 is 0. The Bertz CT molecular complexity index is 804. The van der Waals surface area contributed by atoms with E-state index in [1.165, 1.54) is 24.3 Å². The average Bonchev–Trinajstić information content (AvgIpc) is 2.48. The number of phenolic OH excluding ortho intramolecular Hbond substituents is 1. The summed E-state index contributed by atoms with van der Waals surface area (Å²) in [5.74, 6) is -2.04. The summed E-state index contributed by atoms with van der Waals surface area (Å²) in [4.78, 5) is 24.3. The Kier molecular flexibility index (Phi) is 3.73. The number of rotatable bonds is 2. The van der Waals surface area contributed by atoms with Gasteiger partial charge in [-0.25, -0.2) is 4.39 Å². The number of phenols is 1. The van der Waals surface area contributed by atoms with Crippen molar-refractivity contribution in [1.82, 2.24) is 0 Å². The van der Waals surface area contributed by atoms with Crippen LogP contribution in [-0.2, 0) is 9.59 Å². The van der Waals surface area contributed by atoms with Gasteiger partial charge in [0.15, 0.2) is 0 Å². The van der Waals surface area contributed by atoms with Crippen molar-refractivity contribution in [2.75, 3.05) is 10.6 Å². The van der Waals surface area contributed by atoms with Crippen LogP contribution in [-0.4, -0.2) is 16.9 Å². The lowest BCUT2D eigenvalue weighted by molar-refractivity contribution is -0.123. The first-order chi connectivity index (χ1) is 10.9. The third kappa shape index (κ3) is 3.01. The molecule has 0 aromatic heterocycles. The van der Waals surface area contributed by atoms with E-state index in [0.29, 0.717) is 11.3 Å². The van der Waals surface area contributed by atoms with Gasteiger partial charge in [0.05, 0.1) is 11.6 Å². The number of amides is 2. The highest BCUT2D eigenvalue weighted by atomic mass is 19.1. The van der Waals surface area contributed by atoms with Crippen LogP contribution >= 0.6 is 0 Å². The molecule has 0 aliphatic carbocycles. The molecule has 2 aromatic carbocycles. The van der Waals surface area contributed by atoms with Crippen LogP contribution in [0.3, 0.4) is 0 Å². The highest BCUT2D eigenvalue weighted by Gasteiger charge is 2.31. The van der Waals surface area contributed by atoms with Gasteiger partial charge in [-0.1, -0.05) is 12.1 Å². The van der Waals surface area contributed by atoms with Crippen molar-refractivity contribution in [2.24, 2.45) is 0 Å². The fourth-order valence-corrected chi connectivity index (χ4v) is 2.64. The van der Waals surface area contributed by atoms with Crippen molar-refractivity contribution < 1.29 is 19.1 Å². The van der Waals surface area contributed by atoms with Gasteiger partial charge in [0.25, 0.3) is 0 Å². The largest absolute Gasteiger partial charge is 0.506 e. The van der Waals surface area contributed by atoms with E-state index in [0.717, 1.165) is 5.56 Å². The minimum absolute atomic E-state index is 0.0307. The van der Waals surface area contributed by atoms with Crippen molar-refractivity contribution in [3.05, 3.63) is 53.3 Å². The summed E-state index contributed by atoms with van der Waals surface area (Å²) < 4.78 is 13.3. The summed E-state index contributed by atoms with van der Waals surface area (Å²) in [7, 11) is 0. The second-order valence-corrected chi connectivity index (χ2v) is 5.55. The molecule has 6 heteroatoms. The van der Waals surface area contributed by atoms with Crippen LogP contribution in [0.4, 0.5) is 15.8 Å². The molecule has 1 atom stereocenters. The predicted molar refractivity (Wildman–Crippen MR) is 83.9 cm³/mol. The molecule has 0 unspecified atom stereocenters. The molecule has 0 saturated carbocycles. The zero-order valence-corrected chi connectivity index (χ0v) is 12.4. The van der Waals surface area contributed by atoms with Gasteiger partial charge in [-0.3, -0.25) is 9.59 Å². The molecular formula is C17H15FN2O3. The quantitative estimate of drug-likeness (QED) is 0.746. The lowest BCUT2D eigenvalue weighted by Crippen LogP contribution is -2.30. The van der Waals surface area contributed by atoms with Crippen molar-refractivity contribution in [3.63, 3.8) is 0 Å². The first-order valence-corrected chi connectivity index (χ1v) is 7.14. The van der Waals surface area contributed by atoms with Gasteiger partial charge >= 0.3 is 0 Å². The Morgan fingerprint density at radius 2 is 2.09 bits per heavy atom. The molecule has 23 heavy (non-hydrogen) atoms. The van der Waals surface area contributed by atoms with E-state index in [9.17, 15) is 19.1 Å². The van der Waals surface area contributed by atoms with E-state index in [1.807, 2.05) is 6.92 Å². The molecule has 5 nitrogen and oxygen atoms in total. The van der Waals surface area contributed by atoms with Crippen LogP contribution in [0.5, 0.6) is 5.75 Å². The number of halogens is 1. The van der Waals surface area contributed by atoms with Gasteiger partial charge in [0.2, 0.25) is 11.8 Å². The molecule has 0 bridgehead atoms. The van der Waals surface area contributed by atoms with Crippen LogP contribution in [0.25, 0.3) is 0 Å². The molecule has 2 aromatic rings. The number of carbonyl (C=O) groups is 2. The van der Waals surface area contributed by atoms with Crippen molar-refractivity contribution in [1.29, 1.82) is 0 Å². The maximum atomic E-state index is 13.3. The predicted octanol–water partition coefficient (Wildman–Crippen LogP) is 2.90. The summed E-state index contributed by atoms with van der Waals surface area (Å²) in [6.07, 6.45) is -0.0307. The fourth-order valence-electron chi connectivity index (χ4n) is 2.64. The second kappa shape index (κ2) is 5.72. The topological polar surface area (TPSA) is 78.4 Å². The molecule has 0 fully saturated rings. The number of aryl methyl sites for hydroxylation is 1. The molecule has 1 aliphatic heterocycles. The van der Waals surface area contributed by atoms with Crippen LogP contribution in [0.1, 0.15) is 23.5 Å². The lowest BCUT2D eigenvalue weighted by Gasteiger charge is -2.25. The van der Waals surface area contributed by atoms with Gasteiger partial charge in [0.1, 0.15) is 11.6 Å². The summed E-state index contributed by atoms with van der Waals surface area (Å²) in [6.45, 7) is 1.82. The number of fused-ring (bicyclic) bond motifs is 1. The van der Waals surface area contributed by atoms with Crippen LogP contribution in [0.2, 0.25) is 0 Å². The Morgan fingerprint density at radius 3 is 2.83 bits per heavy atom. The third-order valence-electron chi connectivity index (χ3n) is 3.78. The van der Waals surface area contributed by atoms with E-state index >= 15 is 0 Å². The molecule has 1 heterocycles. The zero-order valence-electron chi connectivity index (χ0n) is 12.4. The number of anilines is 2. The normalized spacial score (nSPS) is 16.4. The molecule has 118 valence electrons. The highest BCUT2D eigenvalue weighted by molar-refractivity contribution is 6.05. The monoisotopic (exact) mass is 314 g/mol. The summed E-state index contributed by atoms with van der Waals surface area (Å²) in [6, 6.07) is 8.81. The lowest BCUT2D eigenvalue weighted by atomic mass is 9.89. The van der Waals surface area contributed by atoms with Gasteiger partial charge < -0.3 is 15.7 Å². The van der Waals surface area contributed by atoms with Crippen LogP contribution in [0, 0.1) is 12.7 Å². The molecule has 1 aliphatic rings. The standard InChI is InChI=1S/C17H15FN2O3/c1-9-2-5-13(15(21)6-9)20-17(23)12-8-16(22)19-14-7-10(18)3-4-11(12)14/h2-7,12,21H,8H2,1H3,(H,19,22)(H,20,23)/t12-/m0/s1. The second-order valence-electron chi connectivity index (χ2n) is 5.55. The molecule has 0 spiro atoms. The molecule has 3 N–H and O–H groups in total. The molecule has 0 radical (unpaired) electrons. The van der Waals surface area contributed by atoms with E-state index in [2.05, 4.69) is 10.6 Å². The number of hydrogen-bond acceptors (Lipinski definition) is 3. The average molecular weight is 314 g/mol. The fraction of sp³-hybridized carbons (Fsp3) is 0.176. The minimum Gasteiger partial charge on any atom is -0.506 e. The number of carbonyl (C=O) groups excluding carboxylic acids is 2. The first kappa shape index (κ1) is 15.0. The van der Waals surface area contributed by atoms with Gasteiger partial charge in [-0.15, -0.1) is 0 Å². The van der Waals surface area contributed by atoms with E-state index in [4.69, 9.17) is 0 Å². The Hall–Kier alpha value is -2.89. The number of hydrogen-bond donors (Lipinski definition) is 3. The summed E-state index contributed by atoms with van der Waals surface area (Å²) in [5.41, 5.74) is 1.98. The molecule has 3 rings (SSSR count). The number of benzene rings is 2. The van der Waals surface area contributed by atoms with E-state index in [1.54, 1.807) is 12.1 Å². The van der Waals surface area contributed by atoms with Crippen molar-refractivity contribution >= 4 is 23.2 Å². The minimum atomic E-state index is -0.736. The third-order valence-corrected chi connectivity index (χ3v) is 3.78. The van der Waals surface area contributed by atoms with Gasteiger partial charge in [0, 0.05) is 12.1 Å². The van der Waals surface area contributed by atoms with E-state index in [-0.39, 0.29) is 23.8 Å². The van der Waals surface area contributed by atoms with Crippen LogP contribution in [0.15, 0.2) is 36.4 Å². The number of nitrogens with one attached hydrogen (secondary N) is 2. The SMILES string of the molecule is Cc1ccc(NC(=O)[C@H]2CC(=O)Nc3cc(F)ccc32)c(O)c1. The maximum absolute atomic E-state index is 13.3. The van der Waals surface area contributed by atoms with Gasteiger partial charge in [-0.2, -0.15) is 0 Å². The zero-order chi connectivity index (χ0) is 16.6. The van der Waals surface area contributed by atoms with E-state index < -0.39 is 17.6 Å². The molecular weight excluding hydrogens is 299 g/mol. The molecule has 2 amide bonds. The Balaban J connectivity index is 1.89. The Morgan fingerprint density at radius 1 is 1.30 bits per heavy atom. The smallest absolute Gasteiger partial charge is 0.232 e. The number of aromatic hydroxyl groups is 1. The first-order valence-electron chi connectivity index (χ1n) is 7.14. The molecule has 0 saturated heterocycles. The Labute approximate surface area is 132 Å². The summed E-state index contributed by atoms with van der Waals surface area (Å²) in [5, 5.41) is 15.1. The van der Waals surface area contributed by atoms with Gasteiger partial charge in [-0.05, 0) is 42.3 Å². The maximum Gasteiger partial charge on any atom is 0.232 e. The highest BCUT2D eigenvalue weighted by Crippen LogP contribution is 2.34. The van der Waals surface area contributed by atoms with Crippen molar-refractivity contribution in [3.8, 4) is 5.75 Å².